The molecule has 0 unspecified atom stereocenters. The van der Waals surface area contributed by atoms with Crippen molar-refractivity contribution in [2.24, 2.45) is 5.92 Å². The fourth-order valence-electron chi connectivity index (χ4n) is 3.86. The van der Waals surface area contributed by atoms with E-state index >= 15 is 0 Å². The van der Waals surface area contributed by atoms with Crippen LogP contribution in [0.1, 0.15) is 18.4 Å². The van der Waals surface area contributed by atoms with Gasteiger partial charge in [0.15, 0.2) is 5.82 Å². The van der Waals surface area contributed by atoms with E-state index < -0.39 is 0 Å². The summed E-state index contributed by atoms with van der Waals surface area (Å²) in [7, 11) is 1.65. The maximum absolute atomic E-state index is 12.7. The number of carbonyl (C=O) groups excluding carboxylic acids is 1. The number of benzene rings is 1. The summed E-state index contributed by atoms with van der Waals surface area (Å²) in [6, 6.07) is 15.8. The van der Waals surface area contributed by atoms with E-state index in [1.165, 1.54) is 0 Å². The largest absolute Gasteiger partial charge is 0.496 e. The molecule has 6 nitrogen and oxygen atoms in total. The molecule has 1 amide bonds. The minimum Gasteiger partial charge on any atom is -0.496 e. The van der Waals surface area contributed by atoms with Crippen molar-refractivity contribution >= 4 is 11.7 Å². The predicted octanol–water partition coefficient (Wildman–Crippen LogP) is 3.41. The van der Waals surface area contributed by atoms with Gasteiger partial charge in [0.05, 0.1) is 12.8 Å². The molecular weight excluding hydrogens is 364 g/mol. The van der Waals surface area contributed by atoms with Crippen LogP contribution < -0.4 is 15.0 Å². The molecule has 1 aliphatic rings. The molecule has 1 fully saturated rings. The minimum absolute atomic E-state index is 0.0275. The van der Waals surface area contributed by atoms with Crippen LogP contribution in [0.25, 0.3) is 5.69 Å². The van der Waals surface area contributed by atoms with E-state index in [0.717, 1.165) is 48.7 Å². The van der Waals surface area contributed by atoms with Gasteiger partial charge in [-0.25, -0.2) is 4.98 Å². The second kappa shape index (κ2) is 8.82. The molecule has 150 valence electrons. The van der Waals surface area contributed by atoms with Crippen LogP contribution in [0.4, 0.5) is 5.82 Å². The summed E-state index contributed by atoms with van der Waals surface area (Å²) in [5, 5.41) is 3.07. The third-order valence-electron chi connectivity index (χ3n) is 5.46. The first kappa shape index (κ1) is 19.1. The highest BCUT2D eigenvalue weighted by molar-refractivity contribution is 5.79. The summed E-state index contributed by atoms with van der Waals surface area (Å²) in [6.45, 7) is 2.12. The fourth-order valence-corrected chi connectivity index (χ4v) is 3.86. The molecule has 29 heavy (non-hydrogen) atoms. The van der Waals surface area contributed by atoms with Gasteiger partial charge in [0.25, 0.3) is 0 Å². The number of methoxy groups -OCH3 is 1. The number of piperidine rings is 1. The van der Waals surface area contributed by atoms with Crippen molar-refractivity contribution in [1.29, 1.82) is 0 Å². The molecule has 1 aromatic carbocycles. The molecule has 1 saturated heterocycles. The summed E-state index contributed by atoms with van der Waals surface area (Å²) in [5.74, 6) is 1.91. The number of para-hydroxylation sites is 1. The molecule has 0 saturated carbocycles. The fraction of sp³-hybridized carbons (Fsp3) is 0.304. The summed E-state index contributed by atoms with van der Waals surface area (Å²) in [4.78, 5) is 19.6. The Bertz CT molecular complexity index is 947. The molecule has 4 rings (SSSR count). The van der Waals surface area contributed by atoms with E-state index in [1.54, 1.807) is 7.11 Å². The van der Waals surface area contributed by atoms with Gasteiger partial charge in [0, 0.05) is 49.7 Å². The number of carbonyl (C=O) groups is 1. The summed E-state index contributed by atoms with van der Waals surface area (Å²) >= 11 is 0. The number of hydrogen-bond acceptors (Lipinski definition) is 4. The number of nitrogens with one attached hydrogen (secondary N) is 1. The van der Waals surface area contributed by atoms with Crippen LogP contribution in [0, 0.1) is 5.92 Å². The number of amides is 1. The van der Waals surface area contributed by atoms with Crippen molar-refractivity contribution in [3.05, 3.63) is 72.7 Å². The van der Waals surface area contributed by atoms with E-state index in [1.807, 2.05) is 61.1 Å². The van der Waals surface area contributed by atoms with Crippen LogP contribution in [0.2, 0.25) is 0 Å². The Morgan fingerprint density at radius 1 is 1.10 bits per heavy atom. The van der Waals surface area contributed by atoms with Crippen LogP contribution in [0.15, 0.2) is 67.1 Å². The summed E-state index contributed by atoms with van der Waals surface area (Å²) < 4.78 is 7.44. The number of rotatable bonds is 6. The highest BCUT2D eigenvalue weighted by atomic mass is 16.5. The number of pyridine rings is 1. The first-order chi connectivity index (χ1) is 14.3. The minimum atomic E-state index is 0.0275. The average Bonchev–Trinajstić information content (AvgIpc) is 3.32. The normalized spacial score (nSPS) is 14.6. The van der Waals surface area contributed by atoms with E-state index in [2.05, 4.69) is 25.8 Å². The monoisotopic (exact) mass is 390 g/mol. The molecule has 0 atom stereocenters. The molecule has 6 heteroatoms. The first-order valence-electron chi connectivity index (χ1n) is 9.99. The highest BCUT2D eigenvalue weighted by Crippen LogP contribution is 2.27. The smallest absolute Gasteiger partial charge is 0.223 e. The molecule has 1 aliphatic heterocycles. The van der Waals surface area contributed by atoms with Crippen molar-refractivity contribution in [3.8, 4) is 11.4 Å². The van der Waals surface area contributed by atoms with E-state index in [0.29, 0.717) is 6.54 Å². The summed E-state index contributed by atoms with van der Waals surface area (Å²) in [6.07, 6.45) is 7.52. The Kier molecular flexibility index (Phi) is 5.79. The maximum atomic E-state index is 12.7. The lowest BCUT2D eigenvalue weighted by Gasteiger charge is -2.33. The lowest BCUT2D eigenvalue weighted by Crippen LogP contribution is -2.41. The van der Waals surface area contributed by atoms with Crippen LogP contribution in [0.5, 0.6) is 5.75 Å². The van der Waals surface area contributed by atoms with Crippen LogP contribution in [-0.2, 0) is 11.3 Å². The van der Waals surface area contributed by atoms with E-state index in [-0.39, 0.29) is 11.8 Å². The van der Waals surface area contributed by atoms with Crippen LogP contribution in [0.3, 0.4) is 0 Å². The van der Waals surface area contributed by atoms with Crippen molar-refractivity contribution in [3.63, 3.8) is 0 Å². The molecule has 0 bridgehead atoms. The predicted molar refractivity (Wildman–Crippen MR) is 113 cm³/mol. The number of nitrogens with zero attached hydrogens (tertiary/aromatic N) is 3. The molecule has 0 spiro atoms. The quantitative estimate of drug-likeness (QED) is 0.701. The Morgan fingerprint density at radius 2 is 1.86 bits per heavy atom. The standard InChI is InChI=1S/C23H26N4O2/c1-29-21-9-3-2-7-19(21)17-25-23(28)18-10-15-27(16-11-18)22-20(8-6-12-24-22)26-13-4-5-14-26/h2-9,12-14,18H,10-11,15-17H2,1H3,(H,25,28). The molecule has 1 N–H and O–H groups in total. The highest BCUT2D eigenvalue weighted by Gasteiger charge is 2.26. The maximum Gasteiger partial charge on any atom is 0.223 e. The van der Waals surface area contributed by atoms with Gasteiger partial charge in [0.2, 0.25) is 5.91 Å². The number of hydrogen-bond donors (Lipinski definition) is 1. The van der Waals surface area contributed by atoms with Gasteiger partial charge in [-0.05, 0) is 43.2 Å². The van der Waals surface area contributed by atoms with Gasteiger partial charge in [-0.2, -0.15) is 0 Å². The van der Waals surface area contributed by atoms with E-state index in [9.17, 15) is 4.79 Å². The molecule has 0 aliphatic carbocycles. The van der Waals surface area contributed by atoms with Gasteiger partial charge >= 0.3 is 0 Å². The first-order valence-corrected chi connectivity index (χ1v) is 9.99. The Hall–Kier alpha value is -3.28. The van der Waals surface area contributed by atoms with Gasteiger partial charge in [-0.1, -0.05) is 18.2 Å². The van der Waals surface area contributed by atoms with Crippen molar-refractivity contribution in [2.75, 3.05) is 25.1 Å². The number of aromatic nitrogens is 2. The second-order valence-electron chi connectivity index (χ2n) is 7.23. The number of anilines is 1. The zero-order valence-corrected chi connectivity index (χ0v) is 16.6. The Morgan fingerprint density at radius 3 is 2.62 bits per heavy atom. The number of ether oxygens (including phenoxy) is 1. The third kappa shape index (κ3) is 4.26. The van der Waals surface area contributed by atoms with Gasteiger partial charge < -0.3 is 19.5 Å². The SMILES string of the molecule is COc1ccccc1CNC(=O)C1CCN(c2ncccc2-n2cccc2)CC1. The Balaban J connectivity index is 1.36. The summed E-state index contributed by atoms with van der Waals surface area (Å²) in [5.41, 5.74) is 2.06. The molecule has 3 heterocycles. The average molecular weight is 390 g/mol. The zero-order chi connectivity index (χ0) is 20.1. The van der Waals surface area contributed by atoms with Gasteiger partial charge in [-0.3, -0.25) is 4.79 Å². The Labute approximate surface area is 171 Å². The van der Waals surface area contributed by atoms with Gasteiger partial charge in [-0.15, -0.1) is 0 Å². The second-order valence-corrected chi connectivity index (χ2v) is 7.23. The molecule has 0 radical (unpaired) electrons. The molecule has 3 aromatic rings. The van der Waals surface area contributed by atoms with Crippen molar-refractivity contribution in [2.45, 2.75) is 19.4 Å². The topological polar surface area (TPSA) is 59.4 Å². The van der Waals surface area contributed by atoms with Crippen molar-refractivity contribution in [1.82, 2.24) is 14.9 Å². The van der Waals surface area contributed by atoms with Crippen LogP contribution in [-0.4, -0.2) is 35.7 Å². The third-order valence-corrected chi connectivity index (χ3v) is 5.46. The van der Waals surface area contributed by atoms with Crippen molar-refractivity contribution < 1.29 is 9.53 Å². The van der Waals surface area contributed by atoms with Gasteiger partial charge in [0.1, 0.15) is 5.75 Å². The lowest BCUT2D eigenvalue weighted by molar-refractivity contribution is -0.125. The van der Waals surface area contributed by atoms with Crippen LogP contribution >= 0.6 is 0 Å². The van der Waals surface area contributed by atoms with E-state index in [4.69, 9.17) is 4.74 Å². The molecule has 2 aromatic heterocycles. The zero-order valence-electron chi connectivity index (χ0n) is 16.6. The lowest BCUT2D eigenvalue weighted by atomic mass is 9.95. The molecular formula is C23H26N4O2.